The molecule has 0 N–H and O–H groups in total. The van der Waals surface area contributed by atoms with Crippen LogP contribution in [0.4, 0.5) is 0 Å². The minimum Gasteiger partial charge on any atom is -0.327 e. The first-order chi connectivity index (χ1) is 10.7. The Bertz CT molecular complexity index is 741. The normalized spacial score (nSPS) is 12.9. The number of hydrogen-bond acceptors (Lipinski definition) is 1. The van der Waals surface area contributed by atoms with Gasteiger partial charge in [-0.25, -0.2) is 4.98 Å². The van der Waals surface area contributed by atoms with Crippen molar-refractivity contribution in [3.63, 3.8) is 0 Å². The molecule has 3 aromatic rings. The van der Waals surface area contributed by atoms with Crippen LogP contribution < -0.4 is 0 Å². The molecule has 0 spiro atoms. The smallest absolute Gasteiger partial charge is 0.117 e. The van der Waals surface area contributed by atoms with Gasteiger partial charge in [-0.05, 0) is 30.0 Å². The van der Waals surface area contributed by atoms with E-state index in [1.54, 1.807) is 0 Å². The van der Waals surface area contributed by atoms with Crippen LogP contribution in [-0.4, -0.2) is 9.55 Å². The van der Waals surface area contributed by atoms with Crippen LogP contribution in [-0.2, 0) is 6.54 Å². The van der Waals surface area contributed by atoms with Gasteiger partial charge in [0.25, 0.3) is 0 Å². The molecule has 0 aliphatic heterocycles. The third kappa shape index (κ3) is 2.78. The molecule has 0 bridgehead atoms. The Morgan fingerprint density at radius 1 is 0.955 bits per heavy atom. The van der Waals surface area contributed by atoms with Crippen molar-refractivity contribution in [1.29, 1.82) is 0 Å². The zero-order chi connectivity index (χ0) is 15.5. The summed E-state index contributed by atoms with van der Waals surface area (Å²) < 4.78 is 2.42. The molecule has 0 aliphatic rings. The number of benzene rings is 2. The van der Waals surface area contributed by atoms with Gasteiger partial charge in [-0.1, -0.05) is 63.2 Å². The van der Waals surface area contributed by atoms with Gasteiger partial charge in [0.1, 0.15) is 5.82 Å². The number of nitrogens with zero attached hydrogens (tertiary/aromatic N) is 2. The minimum absolute atomic E-state index is 0.354. The van der Waals surface area contributed by atoms with E-state index in [2.05, 4.69) is 79.9 Å². The maximum absolute atomic E-state index is 4.98. The van der Waals surface area contributed by atoms with E-state index < -0.39 is 0 Å². The van der Waals surface area contributed by atoms with Gasteiger partial charge >= 0.3 is 0 Å². The molecule has 2 heteroatoms. The van der Waals surface area contributed by atoms with E-state index in [0.29, 0.717) is 11.8 Å². The minimum atomic E-state index is 0.354. The molecule has 0 radical (unpaired) electrons. The van der Waals surface area contributed by atoms with E-state index in [1.807, 2.05) is 0 Å². The topological polar surface area (TPSA) is 17.8 Å². The molecule has 1 heterocycles. The standard InChI is InChI=1S/C20H24N2/c1-4-17(16-10-6-5-7-11-16)20-21-18-12-8-9-13-19(18)22(20)14-15(2)3/h5-13,15,17H,4,14H2,1-3H3. The highest BCUT2D eigenvalue weighted by Crippen LogP contribution is 2.30. The summed E-state index contributed by atoms with van der Waals surface area (Å²) in [5.74, 6) is 2.15. The van der Waals surface area contributed by atoms with Crippen molar-refractivity contribution in [2.45, 2.75) is 39.7 Å². The van der Waals surface area contributed by atoms with Crippen molar-refractivity contribution in [3.8, 4) is 0 Å². The Balaban J connectivity index is 2.15. The van der Waals surface area contributed by atoms with Crippen LogP contribution in [0.3, 0.4) is 0 Å². The first-order valence-electron chi connectivity index (χ1n) is 8.20. The SMILES string of the molecule is CCC(c1ccccc1)c1nc2ccccc2n1CC(C)C. The average Bonchev–Trinajstić information content (AvgIpc) is 2.87. The molecule has 0 saturated carbocycles. The molecular weight excluding hydrogens is 268 g/mol. The lowest BCUT2D eigenvalue weighted by Crippen LogP contribution is -2.13. The van der Waals surface area contributed by atoms with Crippen molar-refractivity contribution in [2.24, 2.45) is 5.92 Å². The lowest BCUT2D eigenvalue weighted by atomic mass is 9.95. The number of para-hydroxylation sites is 2. The fraction of sp³-hybridized carbons (Fsp3) is 0.350. The quantitative estimate of drug-likeness (QED) is 0.629. The summed E-state index contributed by atoms with van der Waals surface area (Å²) in [4.78, 5) is 4.98. The molecule has 114 valence electrons. The fourth-order valence-electron chi connectivity index (χ4n) is 3.17. The Hall–Kier alpha value is -2.09. The summed E-state index contributed by atoms with van der Waals surface area (Å²) in [5, 5.41) is 0. The maximum atomic E-state index is 4.98. The molecule has 2 aromatic carbocycles. The zero-order valence-corrected chi connectivity index (χ0v) is 13.7. The van der Waals surface area contributed by atoms with Crippen molar-refractivity contribution in [2.75, 3.05) is 0 Å². The van der Waals surface area contributed by atoms with Crippen LogP contribution in [0.15, 0.2) is 54.6 Å². The van der Waals surface area contributed by atoms with Crippen molar-refractivity contribution in [3.05, 3.63) is 66.0 Å². The molecule has 0 amide bonds. The second-order valence-corrected chi connectivity index (χ2v) is 6.33. The summed E-state index contributed by atoms with van der Waals surface area (Å²) in [5.41, 5.74) is 3.71. The lowest BCUT2D eigenvalue weighted by Gasteiger charge is -2.19. The van der Waals surface area contributed by atoms with Crippen LogP contribution in [0.5, 0.6) is 0 Å². The summed E-state index contributed by atoms with van der Waals surface area (Å²) in [7, 11) is 0. The third-order valence-corrected chi connectivity index (χ3v) is 4.15. The third-order valence-electron chi connectivity index (χ3n) is 4.15. The second-order valence-electron chi connectivity index (χ2n) is 6.33. The summed E-state index contributed by atoms with van der Waals surface area (Å²) in [6, 6.07) is 19.2. The predicted octanol–water partition coefficient (Wildman–Crippen LogP) is 5.23. The highest BCUT2D eigenvalue weighted by molar-refractivity contribution is 5.76. The summed E-state index contributed by atoms with van der Waals surface area (Å²) in [6.07, 6.45) is 1.06. The molecule has 1 atom stereocenters. The van der Waals surface area contributed by atoms with Gasteiger partial charge in [-0.15, -0.1) is 0 Å². The van der Waals surface area contributed by atoms with Crippen LogP contribution in [0.2, 0.25) is 0 Å². The van der Waals surface area contributed by atoms with E-state index in [1.165, 1.54) is 16.9 Å². The van der Waals surface area contributed by atoms with E-state index in [4.69, 9.17) is 4.98 Å². The Morgan fingerprint density at radius 3 is 2.32 bits per heavy atom. The lowest BCUT2D eigenvalue weighted by molar-refractivity contribution is 0.505. The molecule has 0 saturated heterocycles. The Morgan fingerprint density at radius 2 is 1.64 bits per heavy atom. The number of imidazole rings is 1. The largest absolute Gasteiger partial charge is 0.327 e. The highest BCUT2D eigenvalue weighted by Gasteiger charge is 2.20. The number of fused-ring (bicyclic) bond motifs is 1. The van der Waals surface area contributed by atoms with Crippen LogP contribution in [0.25, 0.3) is 11.0 Å². The first kappa shape index (κ1) is 14.8. The maximum Gasteiger partial charge on any atom is 0.117 e. The van der Waals surface area contributed by atoms with Crippen LogP contribution in [0, 0.1) is 5.92 Å². The van der Waals surface area contributed by atoms with Crippen molar-refractivity contribution < 1.29 is 0 Å². The molecule has 0 fully saturated rings. The van der Waals surface area contributed by atoms with Gasteiger partial charge in [-0.3, -0.25) is 0 Å². The zero-order valence-electron chi connectivity index (χ0n) is 13.7. The number of rotatable bonds is 5. The van der Waals surface area contributed by atoms with E-state index in [-0.39, 0.29) is 0 Å². The van der Waals surface area contributed by atoms with Crippen LogP contribution in [0.1, 0.15) is 44.5 Å². The van der Waals surface area contributed by atoms with Crippen molar-refractivity contribution >= 4 is 11.0 Å². The molecule has 0 aliphatic carbocycles. The molecular formula is C20H24N2. The van der Waals surface area contributed by atoms with Gasteiger partial charge in [-0.2, -0.15) is 0 Å². The molecule has 3 rings (SSSR count). The van der Waals surface area contributed by atoms with Gasteiger partial charge < -0.3 is 4.57 Å². The van der Waals surface area contributed by atoms with Gasteiger partial charge in [0.15, 0.2) is 0 Å². The predicted molar refractivity (Wildman–Crippen MR) is 93.1 cm³/mol. The Labute approximate surface area is 132 Å². The van der Waals surface area contributed by atoms with Crippen molar-refractivity contribution in [1.82, 2.24) is 9.55 Å². The molecule has 22 heavy (non-hydrogen) atoms. The van der Waals surface area contributed by atoms with Crippen LogP contribution >= 0.6 is 0 Å². The fourth-order valence-corrected chi connectivity index (χ4v) is 3.17. The number of aromatic nitrogens is 2. The highest BCUT2D eigenvalue weighted by atomic mass is 15.1. The van der Waals surface area contributed by atoms with Gasteiger partial charge in [0, 0.05) is 12.5 Å². The first-order valence-corrected chi connectivity index (χ1v) is 8.20. The van der Waals surface area contributed by atoms with Gasteiger partial charge in [0.05, 0.1) is 11.0 Å². The second kappa shape index (κ2) is 6.35. The summed E-state index contributed by atoms with van der Waals surface area (Å²) in [6.45, 7) is 7.79. The molecule has 1 aromatic heterocycles. The summed E-state index contributed by atoms with van der Waals surface area (Å²) >= 11 is 0. The van der Waals surface area contributed by atoms with Gasteiger partial charge in [0.2, 0.25) is 0 Å². The number of hydrogen-bond donors (Lipinski definition) is 0. The van der Waals surface area contributed by atoms with E-state index >= 15 is 0 Å². The van der Waals surface area contributed by atoms with E-state index in [0.717, 1.165) is 18.5 Å². The Kier molecular flexibility index (Phi) is 4.28. The monoisotopic (exact) mass is 292 g/mol. The molecule has 2 nitrogen and oxygen atoms in total. The average molecular weight is 292 g/mol. The van der Waals surface area contributed by atoms with E-state index in [9.17, 15) is 0 Å². The molecule has 1 unspecified atom stereocenters.